The summed E-state index contributed by atoms with van der Waals surface area (Å²) in [5.74, 6) is -0.759. The quantitative estimate of drug-likeness (QED) is 0.595. The van der Waals surface area contributed by atoms with Gasteiger partial charge >= 0.3 is 5.97 Å². The molecule has 2 rings (SSSR count). The van der Waals surface area contributed by atoms with Crippen LogP contribution >= 0.6 is 0 Å². The summed E-state index contributed by atoms with van der Waals surface area (Å²) in [6.45, 7) is 3.69. The fourth-order valence-corrected chi connectivity index (χ4v) is 1.73. The zero-order valence-corrected chi connectivity index (χ0v) is 10.2. The second-order valence-electron chi connectivity index (χ2n) is 4.09. The van der Waals surface area contributed by atoms with Gasteiger partial charge in [-0.15, -0.1) is 0 Å². The average Bonchev–Trinajstić information content (AvgIpc) is 2.34. The van der Waals surface area contributed by atoms with E-state index in [-0.39, 0.29) is 5.56 Å². The lowest BCUT2D eigenvalue weighted by Crippen LogP contribution is -2.12. The molecule has 0 aliphatic heterocycles. The molecule has 18 heavy (non-hydrogen) atoms. The number of hydrogen-bond acceptors (Lipinski definition) is 2. The third kappa shape index (κ3) is 2.40. The average molecular weight is 244 g/mol. The largest absolute Gasteiger partial charge is 0.422 e. The normalized spacial score (nSPS) is 10.2. The number of esters is 1. The van der Waals surface area contributed by atoms with Crippen molar-refractivity contribution in [2.75, 3.05) is 0 Å². The molecule has 0 radical (unpaired) electrons. The van der Waals surface area contributed by atoms with Gasteiger partial charge in [-0.2, -0.15) is 0 Å². The summed E-state index contributed by atoms with van der Waals surface area (Å²) in [5, 5.41) is 0. The molecule has 0 unspecified atom stereocenters. The predicted molar refractivity (Wildman–Crippen MR) is 67.3 cm³/mol. The van der Waals surface area contributed by atoms with Crippen molar-refractivity contribution in [3.05, 3.63) is 65.0 Å². The van der Waals surface area contributed by atoms with Crippen LogP contribution in [0.3, 0.4) is 0 Å². The Balaban J connectivity index is 2.30. The molecule has 0 fully saturated rings. The van der Waals surface area contributed by atoms with Crippen LogP contribution in [0.1, 0.15) is 21.5 Å². The molecule has 0 saturated heterocycles. The van der Waals surface area contributed by atoms with Gasteiger partial charge < -0.3 is 4.74 Å². The van der Waals surface area contributed by atoms with E-state index in [1.807, 2.05) is 32.0 Å². The fourth-order valence-electron chi connectivity index (χ4n) is 1.73. The van der Waals surface area contributed by atoms with Gasteiger partial charge in [0, 0.05) is 0 Å². The first-order chi connectivity index (χ1) is 8.59. The summed E-state index contributed by atoms with van der Waals surface area (Å²) in [6.07, 6.45) is 0. The van der Waals surface area contributed by atoms with Gasteiger partial charge in [-0.05, 0) is 37.1 Å². The number of carbonyl (C=O) groups excluding carboxylic acids is 1. The number of aryl methyl sites for hydroxylation is 2. The van der Waals surface area contributed by atoms with Gasteiger partial charge in [0.1, 0.15) is 11.6 Å². The van der Waals surface area contributed by atoms with E-state index >= 15 is 0 Å². The highest BCUT2D eigenvalue weighted by Crippen LogP contribution is 2.23. The van der Waals surface area contributed by atoms with E-state index in [4.69, 9.17) is 4.74 Å². The van der Waals surface area contributed by atoms with Crippen molar-refractivity contribution in [3.8, 4) is 5.75 Å². The standard InChI is InChI=1S/C15H13FO2/c1-10-6-5-7-11(2)14(10)18-15(17)12-8-3-4-9-13(12)16/h3-9H,1-2H3. The van der Waals surface area contributed by atoms with Crippen molar-refractivity contribution < 1.29 is 13.9 Å². The number of halogens is 1. The van der Waals surface area contributed by atoms with E-state index in [0.29, 0.717) is 5.75 Å². The van der Waals surface area contributed by atoms with E-state index in [0.717, 1.165) is 11.1 Å². The number of carbonyl (C=O) groups is 1. The van der Waals surface area contributed by atoms with Gasteiger partial charge in [-0.3, -0.25) is 0 Å². The van der Waals surface area contributed by atoms with Crippen LogP contribution in [-0.2, 0) is 0 Å². The van der Waals surface area contributed by atoms with Crippen molar-refractivity contribution in [3.63, 3.8) is 0 Å². The molecule has 0 heterocycles. The van der Waals surface area contributed by atoms with E-state index in [1.54, 1.807) is 6.07 Å². The zero-order chi connectivity index (χ0) is 13.1. The van der Waals surface area contributed by atoms with Gasteiger partial charge in [0.05, 0.1) is 5.56 Å². The molecule has 0 aliphatic carbocycles. The van der Waals surface area contributed by atoms with Gasteiger partial charge in [0.2, 0.25) is 0 Å². The first-order valence-electron chi connectivity index (χ1n) is 5.62. The van der Waals surface area contributed by atoms with Gasteiger partial charge in [0.15, 0.2) is 0 Å². The van der Waals surface area contributed by atoms with Crippen LogP contribution in [0, 0.1) is 19.7 Å². The molecule has 2 aromatic rings. The van der Waals surface area contributed by atoms with E-state index in [9.17, 15) is 9.18 Å². The van der Waals surface area contributed by atoms with Gasteiger partial charge in [0.25, 0.3) is 0 Å². The minimum Gasteiger partial charge on any atom is -0.422 e. The fraction of sp³-hybridized carbons (Fsp3) is 0.133. The molecule has 2 aromatic carbocycles. The molecule has 3 heteroatoms. The SMILES string of the molecule is Cc1cccc(C)c1OC(=O)c1ccccc1F. The smallest absolute Gasteiger partial charge is 0.346 e. The zero-order valence-electron chi connectivity index (χ0n) is 10.2. The summed E-state index contributed by atoms with van der Waals surface area (Å²) in [4.78, 5) is 11.9. The minimum absolute atomic E-state index is 0.0554. The number of benzene rings is 2. The summed E-state index contributed by atoms with van der Waals surface area (Å²) in [7, 11) is 0. The maximum atomic E-state index is 13.4. The highest BCUT2D eigenvalue weighted by atomic mass is 19.1. The summed E-state index contributed by atoms with van der Waals surface area (Å²) >= 11 is 0. The molecule has 0 N–H and O–H groups in total. The first-order valence-corrected chi connectivity index (χ1v) is 5.62. The van der Waals surface area contributed by atoms with Crippen LogP contribution < -0.4 is 4.74 Å². The second-order valence-corrected chi connectivity index (χ2v) is 4.09. The van der Waals surface area contributed by atoms with Crippen LogP contribution in [0.4, 0.5) is 4.39 Å². The van der Waals surface area contributed by atoms with Crippen LogP contribution in [0.2, 0.25) is 0 Å². The maximum Gasteiger partial charge on any atom is 0.346 e. The number of hydrogen-bond donors (Lipinski definition) is 0. The van der Waals surface area contributed by atoms with E-state index < -0.39 is 11.8 Å². The Bertz CT molecular complexity index is 571. The Hall–Kier alpha value is -2.16. The molecule has 92 valence electrons. The van der Waals surface area contributed by atoms with Gasteiger partial charge in [-0.25, -0.2) is 9.18 Å². The third-order valence-electron chi connectivity index (χ3n) is 2.70. The van der Waals surface area contributed by atoms with Crippen LogP contribution in [0.15, 0.2) is 42.5 Å². The lowest BCUT2D eigenvalue weighted by Gasteiger charge is -2.10. The maximum absolute atomic E-state index is 13.4. The lowest BCUT2D eigenvalue weighted by atomic mass is 10.1. The first kappa shape index (κ1) is 12.3. The Kier molecular flexibility index (Phi) is 3.42. The molecular formula is C15H13FO2. The number of rotatable bonds is 2. The Morgan fingerprint density at radius 1 is 1.00 bits per heavy atom. The lowest BCUT2D eigenvalue weighted by molar-refractivity contribution is 0.0727. The monoisotopic (exact) mass is 244 g/mol. The van der Waals surface area contributed by atoms with Crippen LogP contribution in [0.5, 0.6) is 5.75 Å². The molecule has 0 bridgehead atoms. The highest BCUT2D eigenvalue weighted by Gasteiger charge is 2.15. The molecule has 0 amide bonds. The Morgan fingerprint density at radius 3 is 2.22 bits per heavy atom. The predicted octanol–water partition coefficient (Wildman–Crippen LogP) is 3.66. The van der Waals surface area contributed by atoms with Crippen molar-refractivity contribution in [2.45, 2.75) is 13.8 Å². The third-order valence-corrected chi connectivity index (χ3v) is 2.70. The molecule has 0 spiro atoms. The Labute approximate surface area is 105 Å². The van der Waals surface area contributed by atoms with Crippen molar-refractivity contribution in [1.82, 2.24) is 0 Å². The molecule has 2 nitrogen and oxygen atoms in total. The minimum atomic E-state index is -0.675. The second kappa shape index (κ2) is 5.00. The number of para-hydroxylation sites is 1. The molecule has 0 aromatic heterocycles. The topological polar surface area (TPSA) is 26.3 Å². The highest BCUT2D eigenvalue weighted by molar-refractivity contribution is 5.91. The summed E-state index contributed by atoms with van der Waals surface area (Å²) < 4.78 is 18.7. The van der Waals surface area contributed by atoms with Crippen LogP contribution in [-0.4, -0.2) is 5.97 Å². The molecule has 0 aliphatic rings. The summed E-state index contributed by atoms with van der Waals surface area (Å²) in [6, 6.07) is 11.3. The summed E-state index contributed by atoms with van der Waals surface area (Å²) in [5.41, 5.74) is 1.64. The molecule has 0 saturated carbocycles. The van der Waals surface area contributed by atoms with Crippen LogP contribution in [0.25, 0.3) is 0 Å². The van der Waals surface area contributed by atoms with E-state index in [2.05, 4.69) is 0 Å². The number of ether oxygens (including phenoxy) is 1. The van der Waals surface area contributed by atoms with E-state index in [1.165, 1.54) is 18.2 Å². The van der Waals surface area contributed by atoms with Gasteiger partial charge in [-0.1, -0.05) is 30.3 Å². The van der Waals surface area contributed by atoms with Crippen molar-refractivity contribution in [2.24, 2.45) is 0 Å². The molecular weight excluding hydrogens is 231 g/mol. The van der Waals surface area contributed by atoms with Crippen molar-refractivity contribution >= 4 is 5.97 Å². The Morgan fingerprint density at radius 2 is 1.61 bits per heavy atom. The molecule has 0 atom stereocenters. The van der Waals surface area contributed by atoms with Crippen molar-refractivity contribution in [1.29, 1.82) is 0 Å².